The van der Waals surface area contributed by atoms with Gasteiger partial charge in [0.05, 0.1) is 25.9 Å². The van der Waals surface area contributed by atoms with Crippen molar-refractivity contribution in [3.05, 3.63) is 35.4 Å². The Morgan fingerprint density at radius 3 is 2.17 bits per heavy atom. The lowest BCUT2D eigenvalue weighted by Crippen LogP contribution is -2.43. The van der Waals surface area contributed by atoms with E-state index in [1.165, 1.54) is 11.8 Å². The van der Waals surface area contributed by atoms with Crippen LogP contribution >= 0.6 is 12.2 Å². The van der Waals surface area contributed by atoms with E-state index in [-0.39, 0.29) is 43.1 Å². The lowest BCUT2D eigenvalue weighted by atomic mass is 10.1. The molecule has 0 aromatic heterocycles. The highest BCUT2D eigenvalue weighted by Gasteiger charge is 2.42. The summed E-state index contributed by atoms with van der Waals surface area (Å²) in [5.41, 5.74) is 5.80. The van der Waals surface area contributed by atoms with Crippen LogP contribution in [0.2, 0.25) is 0 Å². The number of carbonyl (C=O) groups excluding carboxylic acids is 2. The fraction of sp³-hybridized carbons (Fsp3) is 0.435. The maximum absolute atomic E-state index is 12.7. The monoisotopic (exact) mass is 512 g/mol. The zero-order chi connectivity index (χ0) is 25.9. The second-order valence-corrected chi connectivity index (χ2v) is 8.36. The molecule has 1 saturated heterocycles. The van der Waals surface area contributed by atoms with Crippen molar-refractivity contribution in [3.63, 3.8) is 0 Å². The minimum atomic E-state index is -2.79. The van der Waals surface area contributed by atoms with Gasteiger partial charge in [0, 0.05) is 30.3 Å². The SMILES string of the molecule is CCOC(=O)c1c2ccc(N3C[C@H](CNC(=S)C(F)F)OC3(C)O)ccc-2c(C(=O)OCC)c1[NH3+]. The molecule has 0 radical (unpaired) electrons. The molecule has 3 rings (SSSR count). The highest BCUT2D eigenvalue weighted by Crippen LogP contribution is 2.40. The molecule has 5 N–H and O–H groups in total. The largest absolute Gasteiger partial charge is 0.462 e. The highest BCUT2D eigenvalue weighted by molar-refractivity contribution is 7.80. The Hall–Kier alpha value is -2.93. The quantitative estimate of drug-likeness (QED) is 0.360. The van der Waals surface area contributed by atoms with Crippen LogP contribution in [0, 0.1) is 0 Å². The Morgan fingerprint density at radius 1 is 1.20 bits per heavy atom. The normalized spacial score (nSPS) is 19.8. The number of thiocarbonyl (C=S) groups is 1. The van der Waals surface area contributed by atoms with Crippen LogP contribution < -0.4 is 16.0 Å². The molecule has 190 valence electrons. The van der Waals surface area contributed by atoms with Crippen molar-refractivity contribution in [2.45, 2.75) is 39.2 Å². The van der Waals surface area contributed by atoms with Gasteiger partial charge in [0.2, 0.25) is 5.91 Å². The van der Waals surface area contributed by atoms with Gasteiger partial charge in [-0.25, -0.2) is 18.4 Å². The van der Waals surface area contributed by atoms with Crippen LogP contribution in [0.1, 0.15) is 41.5 Å². The molecular formula is C23H28F2N3O6S+. The number of rotatable bonds is 8. The van der Waals surface area contributed by atoms with E-state index in [1.807, 2.05) is 0 Å². The average molecular weight is 513 g/mol. The first-order valence-corrected chi connectivity index (χ1v) is 11.4. The van der Waals surface area contributed by atoms with E-state index in [1.54, 1.807) is 38.1 Å². The first kappa shape index (κ1) is 26.7. The second kappa shape index (κ2) is 10.8. The molecule has 0 aromatic carbocycles. The van der Waals surface area contributed by atoms with Crippen molar-refractivity contribution >= 4 is 40.5 Å². The number of anilines is 1. The van der Waals surface area contributed by atoms with Gasteiger partial charge >= 0.3 is 11.9 Å². The molecule has 1 unspecified atom stereocenters. The summed E-state index contributed by atoms with van der Waals surface area (Å²) in [5, 5.41) is 13.3. The van der Waals surface area contributed by atoms with Crippen molar-refractivity contribution in [2.75, 3.05) is 31.2 Å². The van der Waals surface area contributed by atoms with E-state index in [2.05, 4.69) is 23.3 Å². The molecule has 0 bridgehead atoms. The number of aliphatic hydroxyl groups is 1. The second-order valence-electron chi connectivity index (χ2n) is 7.92. The Labute approximate surface area is 206 Å². The van der Waals surface area contributed by atoms with Crippen molar-refractivity contribution in [3.8, 4) is 11.1 Å². The number of nitrogens with one attached hydrogen (secondary N) is 1. The molecule has 0 saturated carbocycles. The molecular weight excluding hydrogens is 484 g/mol. The summed E-state index contributed by atoms with van der Waals surface area (Å²) in [5.74, 6) is -2.99. The molecule has 2 atom stereocenters. The smallest absolute Gasteiger partial charge is 0.344 e. The number of quaternary nitrogens is 1. The summed E-state index contributed by atoms with van der Waals surface area (Å²) >= 11 is 4.59. The molecule has 2 aliphatic carbocycles. The van der Waals surface area contributed by atoms with Crippen LogP contribution in [0.25, 0.3) is 11.1 Å². The van der Waals surface area contributed by atoms with Gasteiger partial charge in [-0.1, -0.05) is 24.4 Å². The molecule has 0 amide bonds. The van der Waals surface area contributed by atoms with Crippen LogP contribution in [-0.4, -0.2) is 66.8 Å². The van der Waals surface area contributed by atoms with Crippen LogP contribution in [0.3, 0.4) is 0 Å². The zero-order valence-corrected chi connectivity index (χ0v) is 20.4. The van der Waals surface area contributed by atoms with Gasteiger partial charge < -0.3 is 35.3 Å². The van der Waals surface area contributed by atoms with E-state index in [9.17, 15) is 23.5 Å². The third-order valence-corrected chi connectivity index (χ3v) is 5.85. The van der Waals surface area contributed by atoms with Gasteiger partial charge in [-0.05, 0) is 26.0 Å². The Kier molecular flexibility index (Phi) is 8.21. The third-order valence-electron chi connectivity index (χ3n) is 5.52. The number of hydrogen-bond acceptors (Lipinski definition) is 8. The van der Waals surface area contributed by atoms with Gasteiger partial charge in [-0.3, -0.25) is 0 Å². The van der Waals surface area contributed by atoms with E-state index < -0.39 is 35.4 Å². The fourth-order valence-corrected chi connectivity index (χ4v) is 4.13. The van der Waals surface area contributed by atoms with Gasteiger partial charge in [0.25, 0.3) is 6.43 Å². The van der Waals surface area contributed by atoms with Crippen molar-refractivity contribution < 1.29 is 43.4 Å². The molecule has 1 heterocycles. The van der Waals surface area contributed by atoms with Gasteiger partial charge in [0.15, 0.2) is 5.69 Å². The summed E-state index contributed by atoms with van der Waals surface area (Å²) in [7, 11) is 0. The maximum Gasteiger partial charge on any atom is 0.344 e. The molecule has 9 nitrogen and oxygen atoms in total. The molecule has 12 heteroatoms. The third kappa shape index (κ3) is 5.50. The molecule has 0 aromatic rings. The number of halogens is 2. The van der Waals surface area contributed by atoms with Crippen LogP contribution in [-0.2, 0) is 14.2 Å². The fourth-order valence-electron chi connectivity index (χ4n) is 4.04. The molecule has 0 spiro atoms. The maximum atomic E-state index is 12.7. The predicted octanol–water partition coefficient (Wildman–Crippen LogP) is 2.07. The van der Waals surface area contributed by atoms with Crippen molar-refractivity contribution in [1.82, 2.24) is 5.32 Å². The Morgan fingerprint density at radius 2 is 1.71 bits per heavy atom. The lowest BCUT2D eigenvalue weighted by Gasteiger charge is -2.29. The first-order chi connectivity index (χ1) is 16.5. The first-order valence-electron chi connectivity index (χ1n) is 11.0. The standard InChI is InChI=1S/C23H27F2N3O6S/c1-4-32-21(29)16-14-8-6-12(7-9-15(14)17(18(16)26)22(30)33-5-2)28-11-13(34-23(28,3)31)10-27-20(35)19(24)25/h6-9,13,19,31H,4-5,10-11,26H2,1-3H3,(H,27,35)/p+1/t13-,23?/m0/s1. The highest BCUT2D eigenvalue weighted by atomic mass is 32.1. The number of alkyl halides is 2. The van der Waals surface area contributed by atoms with E-state index in [4.69, 9.17) is 14.2 Å². The number of hydrogen-bond donors (Lipinski definition) is 3. The van der Waals surface area contributed by atoms with Gasteiger partial charge in [-0.15, -0.1) is 0 Å². The molecule has 35 heavy (non-hydrogen) atoms. The van der Waals surface area contributed by atoms with Gasteiger partial charge in [0.1, 0.15) is 16.1 Å². The van der Waals surface area contributed by atoms with Crippen LogP contribution in [0.5, 0.6) is 0 Å². The number of carbonyl (C=O) groups is 2. The Balaban J connectivity index is 2.00. The molecule has 1 aliphatic heterocycles. The average Bonchev–Trinajstić information content (AvgIpc) is 3.14. The minimum Gasteiger partial charge on any atom is -0.462 e. The number of esters is 2. The van der Waals surface area contributed by atoms with Crippen molar-refractivity contribution in [2.24, 2.45) is 0 Å². The zero-order valence-electron chi connectivity index (χ0n) is 19.6. The van der Waals surface area contributed by atoms with E-state index in [0.717, 1.165) is 0 Å². The number of nitrogens with zero attached hydrogens (tertiary/aromatic N) is 1. The summed E-state index contributed by atoms with van der Waals surface area (Å²) in [4.78, 5) is 26.3. The Bertz CT molecular complexity index is 1040. The molecule has 3 aliphatic rings. The summed E-state index contributed by atoms with van der Waals surface area (Å²) in [6, 6.07) is 6.55. The topological polar surface area (TPSA) is 125 Å². The number of fused-ring (bicyclic) bond motifs is 1. The summed E-state index contributed by atoms with van der Waals surface area (Å²) in [6.07, 6.45) is -3.43. The number of ether oxygens (including phenoxy) is 3. The van der Waals surface area contributed by atoms with Crippen molar-refractivity contribution in [1.29, 1.82) is 0 Å². The molecule has 1 fully saturated rings. The predicted molar refractivity (Wildman–Crippen MR) is 127 cm³/mol. The van der Waals surface area contributed by atoms with E-state index >= 15 is 0 Å². The summed E-state index contributed by atoms with van der Waals surface area (Å²) in [6.45, 7) is 5.19. The minimum absolute atomic E-state index is 0.0212. The van der Waals surface area contributed by atoms with Crippen LogP contribution in [0.4, 0.5) is 20.2 Å². The summed E-state index contributed by atoms with van der Waals surface area (Å²) < 4.78 is 41.3. The van der Waals surface area contributed by atoms with Crippen LogP contribution in [0.15, 0.2) is 24.3 Å². The van der Waals surface area contributed by atoms with E-state index in [0.29, 0.717) is 16.8 Å². The lowest BCUT2D eigenvalue weighted by molar-refractivity contribution is -0.255. The van der Waals surface area contributed by atoms with Gasteiger partial charge in [-0.2, -0.15) is 0 Å².